The number of amides is 3. The third-order valence-corrected chi connectivity index (χ3v) is 2.84. The van der Waals surface area contributed by atoms with Crippen molar-refractivity contribution in [1.29, 1.82) is 0 Å². The first kappa shape index (κ1) is 13.7. The molecule has 1 aliphatic rings. The van der Waals surface area contributed by atoms with Crippen molar-refractivity contribution in [2.75, 3.05) is 6.54 Å². The Bertz CT molecular complexity index is 593. The molecule has 0 spiro atoms. The number of carbonyl (C=O) groups is 4. The summed E-state index contributed by atoms with van der Waals surface area (Å²) in [7, 11) is 0. The van der Waals surface area contributed by atoms with E-state index in [1.54, 1.807) is 6.92 Å². The van der Waals surface area contributed by atoms with Gasteiger partial charge in [0.15, 0.2) is 5.69 Å². The summed E-state index contributed by atoms with van der Waals surface area (Å²) in [5, 5.41) is 14.2. The van der Waals surface area contributed by atoms with Gasteiger partial charge in [0.1, 0.15) is 12.6 Å². The van der Waals surface area contributed by atoms with E-state index in [1.165, 1.54) is 0 Å². The molecule has 2 rings (SSSR count). The zero-order valence-electron chi connectivity index (χ0n) is 10.5. The lowest BCUT2D eigenvalue weighted by molar-refractivity contribution is -0.138. The fraction of sp³-hybridized carbons (Fsp3) is 0.364. The number of rotatable bonds is 3. The number of carboxylic acids is 1. The molecule has 9 heteroatoms. The Kier molecular flexibility index (Phi) is 3.51. The van der Waals surface area contributed by atoms with Gasteiger partial charge >= 0.3 is 5.97 Å². The van der Waals surface area contributed by atoms with Crippen LogP contribution in [0.1, 0.15) is 34.4 Å². The van der Waals surface area contributed by atoms with Crippen LogP contribution in [-0.2, 0) is 9.59 Å². The Hall–Kier alpha value is -2.71. The third kappa shape index (κ3) is 2.37. The van der Waals surface area contributed by atoms with Crippen molar-refractivity contribution in [3.8, 4) is 0 Å². The van der Waals surface area contributed by atoms with Crippen LogP contribution in [0.25, 0.3) is 0 Å². The lowest BCUT2D eigenvalue weighted by Crippen LogP contribution is -2.59. The fourth-order valence-electron chi connectivity index (χ4n) is 1.91. The van der Waals surface area contributed by atoms with Gasteiger partial charge in [0, 0.05) is 6.07 Å². The Labute approximate surface area is 112 Å². The highest BCUT2D eigenvalue weighted by Gasteiger charge is 2.37. The van der Waals surface area contributed by atoms with Crippen LogP contribution in [0, 0.1) is 0 Å². The predicted octanol–water partition coefficient (Wildman–Crippen LogP) is -0.750. The summed E-state index contributed by atoms with van der Waals surface area (Å²) in [6, 6.07) is 0.152. The van der Waals surface area contributed by atoms with E-state index in [0.29, 0.717) is 6.42 Å². The standard InChI is InChI=1S/C11H11N3O6/c1-2-6-9(16)12-8(15)4-14(6)10(17)5-3-7(11(18)19)20-13-5/h3,6H,2,4H2,1H3,(H,18,19)(H,12,15,16). The average Bonchev–Trinajstić information content (AvgIpc) is 2.86. The van der Waals surface area contributed by atoms with Gasteiger partial charge in [0.25, 0.3) is 5.91 Å². The summed E-state index contributed by atoms with van der Waals surface area (Å²) in [5.74, 6) is -3.75. The van der Waals surface area contributed by atoms with Crippen molar-refractivity contribution < 1.29 is 28.8 Å². The number of carbonyl (C=O) groups excluding carboxylic acids is 3. The molecule has 0 bridgehead atoms. The van der Waals surface area contributed by atoms with E-state index >= 15 is 0 Å². The van der Waals surface area contributed by atoms with Gasteiger partial charge in [-0.1, -0.05) is 12.1 Å². The van der Waals surface area contributed by atoms with E-state index in [9.17, 15) is 19.2 Å². The summed E-state index contributed by atoms with van der Waals surface area (Å²) in [5.41, 5.74) is -0.261. The molecule has 3 amide bonds. The molecule has 1 atom stereocenters. The van der Waals surface area contributed by atoms with Crippen LogP contribution in [-0.4, -0.2) is 51.4 Å². The van der Waals surface area contributed by atoms with E-state index in [0.717, 1.165) is 11.0 Å². The van der Waals surface area contributed by atoms with Crippen LogP contribution in [0.2, 0.25) is 0 Å². The molecule has 1 saturated heterocycles. The van der Waals surface area contributed by atoms with E-state index in [-0.39, 0.29) is 12.2 Å². The minimum Gasteiger partial charge on any atom is -0.475 e. The molecule has 1 unspecified atom stereocenters. The number of nitrogens with zero attached hydrogens (tertiary/aromatic N) is 2. The van der Waals surface area contributed by atoms with Crippen LogP contribution in [0.3, 0.4) is 0 Å². The molecule has 0 aliphatic carbocycles. The number of hydrogen-bond donors (Lipinski definition) is 2. The summed E-state index contributed by atoms with van der Waals surface area (Å²) >= 11 is 0. The van der Waals surface area contributed by atoms with Gasteiger partial charge < -0.3 is 14.5 Å². The zero-order valence-corrected chi connectivity index (χ0v) is 10.5. The first-order valence-electron chi connectivity index (χ1n) is 5.78. The van der Waals surface area contributed by atoms with E-state index < -0.39 is 35.5 Å². The molecule has 1 aromatic rings. The minimum absolute atomic E-state index is 0.261. The van der Waals surface area contributed by atoms with Crippen molar-refractivity contribution >= 4 is 23.7 Å². The molecule has 0 saturated carbocycles. The Morgan fingerprint density at radius 1 is 1.55 bits per heavy atom. The Balaban J connectivity index is 2.27. The van der Waals surface area contributed by atoms with Crippen molar-refractivity contribution in [3.05, 3.63) is 17.5 Å². The first-order chi connectivity index (χ1) is 9.43. The average molecular weight is 281 g/mol. The number of piperazine rings is 1. The quantitative estimate of drug-likeness (QED) is 0.697. The normalized spacial score (nSPS) is 18.9. The highest BCUT2D eigenvalue weighted by molar-refractivity contribution is 6.07. The van der Waals surface area contributed by atoms with Crippen LogP contribution < -0.4 is 5.32 Å². The molecule has 2 heterocycles. The second-order valence-corrected chi connectivity index (χ2v) is 4.15. The molecule has 1 fully saturated rings. The summed E-state index contributed by atoms with van der Waals surface area (Å²) < 4.78 is 4.48. The van der Waals surface area contributed by atoms with Crippen molar-refractivity contribution in [2.45, 2.75) is 19.4 Å². The van der Waals surface area contributed by atoms with Crippen molar-refractivity contribution in [1.82, 2.24) is 15.4 Å². The third-order valence-electron chi connectivity index (χ3n) is 2.84. The number of carboxylic acid groups (broad SMARTS) is 1. The Morgan fingerprint density at radius 3 is 2.80 bits per heavy atom. The number of aromatic nitrogens is 1. The smallest absolute Gasteiger partial charge is 0.374 e. The van der Waals surface area contributed by atoms with E-state index in [4.69, 9.17) is 5.11 Å². The minimum atomic E-state index is -1.36. The van der Waals surface area contributed by atoms with Crippen molar-refractivity contribution in [2.24, 2.45) is 0 Å². The van der Waals surface area contributed by atoms with Gasteiger partial charge in [0.2, 0.25) is 17.6 Å². The highest BCUT2D eigenvalue weighted by Crippen LogP contribution is 2.14. The second kappa shape index (κ2) is 5.11. The SMILES string of the molecule is CCC1C(=O)NC(=O)CN1C(=O)c1cc(C(=O)O)on1. The molecule has 0 aromatic carbocycles. The van der Waals surface area contributed by atoms with E-state index in [1.807, 2.05) is 0 Å². The lowest BCUT2D eigenvalue weighted by atomic mass is 10.1. The lowest BCUT2D eigenvalue weighted by Gasteiger charge is -2.32. The molecule has 0 radical (unpaired) electrons. The molecule has 106 valence electrons. The van der Waals surface area contributed by atoms with Crippen molar-refractivity contribution in [3.63, 3.8) is 0 Å². The maximum absolute atomic E-state index is 12.2. The van der Waals surface area contributed by atoms with Gasteiger partial charge in [0.05, 0.1) is 0 Å². The summed E-state index contributed by atoms with van der Waals surface area (Å²) in [4.78, 5) is 46.8. The maximum atomic E-state index is 12.2. The molecule has 9 nitrogen and oxygen atoms in total. The molecule has 1 aromatic heterocycles. The largest absolute Gasteiger partial charge is 0.475 e. The summed E-state index contributed by atoms with van der Waals surface area (Å²) in [6.07, 6.45) is 0.314. The van der Waals surface area contributed by atoms with Crippen LogP contribution in [0.4, 0.5) is 0 Å². The molecular formula is C11H11N3O6. The molecular weight excluding hydrogens is 270 g/mol. The molecule has 20 heavy (non-hydrogen) atoms. The first-order valence-corrected chi connectivity index (χ1v) is 5.78. The van der Waals surface area contributed by atoms with Gasteiger partial charge in [-0.3, -0.25) is 19.7 Å². The number of hydrogen-bond acceptors (Lipinski definition) is 6. The zero-order chi connectivity index (χ0) is 14.9. The molecule has 2 N–H and O–H groups in total. The number of nitrogens with one attached hydrogen (secondary N) is 1. The maximum Gasteiger partial charge on any atom is 0.374 e. The molecule has 1 aliphatic heterocycles. The topological polar surface area (TPSA) is 130 Å². The van der Waals surface area contributed by atoms with Gasteiger partial charge in [-0.2, -0.15) is 0 Å². The van der Waals surface area contributed by atoms with Crippen LogP contribution in [0.5, 0.6) is 0 Å². The van der Waals surface area contributed by atoms with Crippen LogP contribution in [0.15, 0.2) is 10.6 Å². The van der Waals surface area contributed by atoms with Gasteiger partial charge in [-0.25, -0.2) is 4.79 Å². The van der Waals surface area contributed by atoms with E-state index in [2.05, 4.69) is 15.0 Å². The number of aromatic carboxylic acids is 1. The van der Waals surface area contributed by atoms with Gasteiger partial charge in [-0.15, -0.1) is 0 Å². The van der Waals surface area contributed by atoms with Gasteiger partial charge in [-0.05, 0) is 6.42 Å². The van der Waals surface area contributed by atoms with Crippen LogP contribution >= 0.6 is 0 Å². The highest BCUT2D eigenvalue weighted by atomic mass is 16.5. The predicted molar refractivity (Wildman–Crippen MR) is 61.7 cm³/mol. The number of imide groups is 1. The Morgan fingerprint density at radius 2 is 2.25 bits per heavy atom. The second-order valence-electron chi connectivity index (χ2n) is 4.15. The fourth-order valence-corrected chi connectivity index (χ4v) is 1.91. The summed E-state index contributed by atoms with van der Waals surface area (Å²) in [6.45, 7) is 1.39. The monoisotopic (exact) mass is 281 g/mol.